The van der Waals surface area contributed by atoms with Gasteiger partial charge in [0.05, 0.1) is 6.54 Å². The van der Waals surface area contributed by atoms with Crippen LogP contribution in [0.2, 0.25) is 0 Å². The predicted molar refractivity (Wildman–Crippen MR) is 73.3 cm³/mol. The Morgan fingerprint density at radius 3 is 2.63 bits per heavy atom. The number of hydrogen-bond donors (Lipinski definition) is 1. The summed E-state index contributed by atoms with van der Waals surface area (Å²) in [5.74, 6) is 0. The van der Waals surface area contributed by atoms with Crippen molar-refractivity contribution >= 4 is 22.1 Å². The maximum absolute atomic E-state index is 4.63. The van der Waals surface area contributed by atoms with E-state index in [1.165, 1.54) is 10.8 Å². The van der Waals surface area contributed by atoms with Crippen LogP contribution < -0.4 is 17.8 Å². The Balaban J connectivity index is 0.00000133. The van der Waals surface area contributed by atoms with Crippen molar-refractivity contribution in [2.24, 2.45) is 5.11 Å². The summed E-state index contributed by atoms with van der Waals surface area (Å²) >= 11 is 0. The third kappa shape index (κ3) is 2.69. The van der Waals surface area contributed by atoms with Crippen molar-refractivity contribution < 1.29 is 17.2 Å². The van der Waals surface area contributed by atoms with Crippen molar-refractivity contribution in [3.05, 3.63) is 36.4 Å². The molecule has 2 aromatic rings. The molecular weight excluding hydrogens is 260 g/mol. The Morgan fingerprint density at radius 2 is 1.89 bits per heavy atom. The summed E-state index contributed by atoms with van der Waals surface area (Å²) in [4.78, 5) is 4.06. The minimum absolute atomic E-state index is 0. The first-order chi connectivity index (χ1) is 8.74. The van der Waals surface area contributed by atoms with E-state index in [0.717, 1.165) is 24.5 Å². The molecule has 5 heteroatoms. The highest BCUT2D eigenvalue weighted by atomic mass is 35.5. The summed E-state index contributed by atoms with van der Waals surface area (Å²) in [6.45, 7) is 1.83. The van der Waals surface area contributed by atoms with Crippen LogP contribution in [0.15, 0.2) is 41.5 Å². The SMILES string of the molecule is CN(C)CC[N+]1=Nc2cccc3cccc(c23)N1.[Cl-]. The van der Waals surface area contributed by atoms with Gasteiger partial charge in [-0.3, -0.25) is 0 Å². The summed E-state index contributed by atoms with van der Waals surface area (Å²) in [5, 5.41) is 7.07. The van der Waals surface area contributed by atoms with Gasteiger partial charge in [0.1, 0.15) is 11.4 Å². The molecule has 4 nitrogen and oxygen atoms in total. The smallest absolute Gasteiger partial charge is 0.213 e. The first-order valence-electron chi connectivity index (χ1n) is 6.16. The summed E-state index contributed by atoms with van der Waals surface area (Å²) in [6, 6.07) is 12.5. The zero-order valence-corrected chi connectivity index (χ0v) is 11.9. The normalized spacial score (nSPS) is 12.9. The summed E-state index contributed by atoms with van der Waals surface area (Å²) in [7, 11) is 4.14. The van der Waals surface area contributed by atoms with Crippen LogP contribution in [0.5, 0.6) is 0 Å². The molecule has 0 saturated heterocycles. The summed E-state index contributed by atoms with van der Waals surface area (Å²) in [5.41, 5.74) is 5.53. The maximum Gasteiger partial charge on any atom is 0.213 e. The van der Waals surface area contributed by atoms with Crippen molar-refractivity contribution in [2.45, 2.75) is 0 Å². The molecule has 0 aliphatic carbocycles. The monoisotopic (exact) mass is 276 g/mol. The van der Waals surface area contributed by atoms with Crippen molar-refractivity contribution in [3.63, 3.8) is 0 Å². The molecule has 1 aliphatic heterocycles. The molecule has 100 valence electrons. The highest BCUT2D eigenvalue weighted by Crippen LogP contribution is 2.35. The molecule has 1 heterocycles. The summed E-state index contributed by atoms with van der Waals surface area (Å²) in [6.07, 6.45) is 0. The van der Waals surface area contributed by atoms with Gasteiger partial charge < -0.3 is 17.3 Å². The molecule has 0 aromatic heterocycles. The molecule has 0 spiro atoms. The number of hydrazine groups is 1. The van der Waals surface area contributed by atoms with E-state index in [0.29, 0.717) is 0 Å². The van der Waals surface area contributed by atoms with E-state index < -0.39 is 0 Å². The number of rotatable bonds is 3. The number of nitrogens with zero attached hydrogens (tertiary/aromatic N) is 3. The maximum atomic E-state index is 4.63. The zero-order chi connectivity index (χ0) is 12.5. The number of benzene rings is 2. The third-order valence-corrected chi connectivity index (χ3v) is 3.12. The minimum Gasteiger partial charge on any atom is -1.00 e. The Labute approximate surface area is 119 Å². The van der Waals surface area contributed by atoms with Crippen molar-refractivity contribution in [1.29, 1.82) is 0 Å². The van der Waals surface area contributed by atoms with Gasteiger partial charge in [0.2, 0.25) is 6.54 Å². The molecule has 0 atom stereocenters. The van der Waals surface area contributed by atoms with Gasteiger partial charge in [-0.1, -0.05) is 24.3 Å². The quantitative estimate of drug-likeness (QED) is 0.790. The average molecular weight is 277 g/mol. The molecular formula is C14H17ClN4. The second-order valence-corrected chi connectivity index (χ2v) is 4.82. The standard InChI is InChI=1S/C14H17N4.ClH/c1-17(2)9-10-18-15-12-7-3-5-11-6-4-8-13(16-18)14(11)12;/h3-8H,9-10H2,1-2H3,(H,15,16);1H/q+1;/p-1. The second kappa shape index (κ2) is 5.55. The first-order valence-corrected chi connectivity index (χ1v) is 6.16. The van der Waals surface area contributed by atoms with Crippen LogP contribution in [-0.4, -0.2) is 36.9 Å². The fourth-order valence-electron chi connectivity index (χ4n) is 2.19. The van der Waals surface area contributed by atoms with E-state index in [4.69, 9.17) is 0 Å². The lowest BCUT2D eigenvalue weighted by molar-refractivity contribution is -0.561. The molecule has 1 aliphatic rings. The molecule has 0 unspecified atom stereocenters. The van der Waals surface area contributed by atoms with Crippen LogP contribution in [0, 0.1) is 0 Å². The summed E-state index contributed by atoms with van der Waals surface area (Å²) < 4.78 is 0. The minimum atomic E-state index is 0. The number of likely N-dealkylation sites (N-methyl/N-ethyl adjacent to an activating group) is 1. The molecule has 1 N–H and O–H groups in total. The highest BCUT2D eigenvalue weighted by molar-refractivity contribution is 6.01. The predicted octanol–water partition coefficient (Wildman–Crippen LogP) is -0.158. The molecule has 0 amide bonds. The largest absolute Gasteiger partial charge is 1.00 e. The van der Waals surface area contributed by atoms with Crippen LogP contribution in [0.4, 0.5) is 11.4 Å². The van der Waals surface area contributed by atoms with Gasteiger partial charge in [0.25, 0.3) is 0 Å². The topological polar surface area (TPSA) is 30.6 Å². The van der Waals surface area contributed by atoms with E-state index in [1.54, 1.807) is 0 Å². The highest BCUT2D eigenvalue weighted by Gasteiger charge is 2.19. The van der Waals surface area contributed by atoms with E-state index >= 15 is 0 Å². The van der Waals surface area contributed by atoms with Crippen molar-refractivity contribution in [1.82, 2.24) is 4.90 Å². The van der Waals surface area contributed by atoms with Gasteiger partial charge in [-0.2, -0.15) is 0 Å². The van der Waals surface area contributed by atoms with E-state index in [2.05, 4.69) is 65.9 Å². The van der Waals surface area contributed by atoms with Gasteiger partial charge in [-0.05, 0) is 36.4 Å². The molecule has 3 rings (SSSR count). The lowest BCUT2D eigenvalue weighted by Gasteiger charge is -2.13. The van der Waals surface area contributed by atoms with Crippen LogP contribution in [0.25, 0.3) is 10.8 Å². The number of halogens is 1. The molecule has 19 heavy (non-hydrogen) atoms. The van der Waals surface area contributed by atoms with Gasteiger partial charge in [0.15, 0.2) is 0 Å². The van der Waals surface area contributed by atoms with Crippen molar-refractivity contribution in [3.8, 4) is 0 Å². The molecule has 0 fully saturated rings. The van der Waals surface area contributed by atoms with E-state index in [9.17, 15) is 0 Å². The van der Waals surface area contributed by atoms with E-state index in [-0.39, 0.29) is 12.4 Å². The van der Waals surface area contributed by atoms with Gasteiger partial charge >= 0.3 is 0 Å². The Kier molecular flexibility index (Phi) is 4.02. The molecule has 2 aromatic carbocycles. The zero-order valence-electron chi connectivity index (χ0n) is 11.1. The Bertz CT molecular complexity index is 617. The van der Waals surface area contributed by atoms with Gasteiger partial charge in [0, 0.05) is 10.5 Å². The fraction of sp³-hybridized carbons (Fsp3) is 0.286. The number of hydrogen-bond acceptors (Lipinski definition) is 3. The molecule has 0 bridgehead atoms. The lowest BCUT2D eigenvalue weighted by Crippen LogP contribution is -3.00. The fourth-order valence-corrected chi connectivity index (χ4v) is 2.19. The van der Waals surface area contributed by atoms with Crippen LogP contribution in [0.3, 0.4) is 0 Å². The molecule has 0 saturated carbocycles. The molecule has 0 radical (unpaired) electrons. The van der Waals surface area contributed by atoms with Crippen LogP contribution >= 0.6 is 0 Å². The third-order valence-electron chi connectivity index (χ3n) is 3.12. The van der Waals surface area contributed by atoms with Gasteiger partial charge in [-0.25, -0.2) is 0 Å². The first kappa shape index (κ1) is 13.8. The number of azo groups is 1. The van der Waals surface area contributed by atoms with Crippen LogP contribution in [0.1, 0.15) is 0 Å². The average Bonchev–Trinajstić information content (AvgIpc) is 2.37. The van der Waals surface area contributed by atoms with E-state index in [1.807, 2.05) is 4.81 Å². The van der Waals surface area contributed by atoms with Crippen LogP contribution in [-0.2, 0) is 0 Å². The lowest BCUT2D eigenvalue weighted by atomic mass is 10.1. The van der Waals surface area contributed by atoms with Crippen molar-refractivity contribution in [2.75, 3.05) is 32.6 Å². The van der Waals surface area contributed by atoms with Gasteiger partial charge in [-0.15, -0.1) is 5.43 Å². The Morgan fingerprint density at radius 1 is 1.16 bits per heavy atom. The second-order valence-electron chi connectivity index (χ2n) is 4.82. The Hall–Kier alpha value is -1.65. The number of anilines is 1. The number of nitrogens with one attached hydrogen (secondary N) is 1.